The highest BCUT2D eigenvalue weighted by molar-refractivity contribution is 5.80. The smallest absolute Gasteiger partial charge is 0.194 e. The number of likely N-dealkylation sites (tertiary alicyclic amines) is 1. The Hall–Kier alpha value is -1.71. The molecule has 1 aromatic rings. The maximum absolute atomic E-state index is 5.98. The van der Waals surface area contributed by atoms with Crippen LogP contribution in [-0.2, 0) is 27.8 Å². The third kappa shape index (κ3) is 8.28. The molecule has 29 heavy (non-hydrogen) atoms. The van der Waals surface area contributed by atoms with Gasteiger partial charge in [0.2, 0.25) is 0 Å². The predicted octanol–water partition coefficient (Wildman–Crippen LogP) is 1.51. The normalized spacial score (nSPS) is 15.9. The van der Waals surface area contributed by atoms with Gasteiger partial charge in [-0.2, -0.15) is 0 Å². The van der Waals surface area contributed by atoms with Crippen LogP contribution < -0.4 is 5.32 Å². The van der Waals surface area contributed by atoms with Crippen molar-refractivity contribution in [3.63, 3.8) is 0 Å². The quantitative estimate of drug-likeness (QED) is 0.318. The van der Waals surface area contributed by atoms with E-state index < -0.39 is 0 Å². The van der Waals surface area contributed by atoms with Gasteiger partial charge in [0.15, 0.2) is 11.8 Å². The van der Waals surface area contributed by atoms with Crippen LogP contribution in [0.15, 0.2) is 4.99 Å². The van der Waals surface area contributed by atoms with Crippen molar-refractivity contribution in [1.82, 2.24) is 25.0 Å². The lowest BCUT2D eigenvalue weighted by Gasteiger charge is -2.34. The summed E-state index contributed by atoms with van der Waals surface area (Å²) >= 11 is 0. The van der Waals surface area contributed by atoms with Gasteiger partial charge in [-0.3, -0.25) is 0 Å². The van der Waals surface area contributed by atoms with Gasteiger partial charge in [0, 0.05) is 60.2 Å². The van der Waals surface area contributed by atoms with Gasteiger partial charge in [0.25, 0.3) is 0 Å². The molecule has 0 radical (unpaired) electrons. The molecule has 0 amide bonds. The van der Waals surface area contributed by atoms with Crippen LogP contribution in [-0.4, -0.2) is 84.9 Å². The zero-order valence-corrected chi connectivity index (χ0v) is 18.5. The number of aliphatic imine (C=N–C) groups is 1. The lowest BCUT2D eigenvalue weighted by Crippen LogP contribution is -2.47. The molecule has 166 valence electrons. The highest BCUT2D eigenvalue weighted by Gasteiger charge is 2.22. The summed E-state index contributed by atoms with van der Waals surface area (Å²) in [5.41, 5.74) is 0. The topological polar surface area (TPSA) is 86.0 Å². The molecule has 0 aliphatic carbocycles. The summed E-state index contributed by atoms with van der Waals surface area (Å²) < 4.78 is 18.5. The van der Waals surface area contributed by atoms with Gasteiger partial charge in [0.1, 0.15) is 12.4 Å². The number of methoxy groups -OCH3 is 1. The standard InChI is InChI=1S/C20H38N6O3/c1-5-28-14-6-10-21-20(22-16-19-24-23-17(2)25(19)3)26-11-8-18(9-12-26)29-15-7-13-27-4/h18H,5-16H2,1-4H3,(H,21,22). The van der Waals surface area contributed by atoms with Gasteiger partial charge >= 0.3 is 0 Å². The number of aryl methyl sites for hydroxylation is 1. The van der Waals surface area contributed by atoms with E-state index in [-0.39, 0.29) is 0 Å². The average molecular weight is 411 g/mol. The van der Waals surface area contributed by atoms with Crippen molar-refractivity contribution in [3.05, 3.63) is 11.6 Å². The number of guanidine groups is 1. The molecule has 2 heterocycles. The molecule has 9 heteroatoms. The van der Waals surface area contributed by atoms with Crippen molar-refractivity contribution in [2.75, 3.05) is 53.2 Å². The van der Waals surface area contributed by atoms with E-state index in [0.717, 1.165) is 89.4 Å². The number of hydrogen-bond donors (Lipinski definition) is 1. The Balaban J connectivity index is 1.87. The minimum atomic E-state index is 0.323. The Morgan fingerprint density at radius 3 is 2.62 bits per heavy atom. The molecule has 1 N–H and O–H groups in total. The second-order valence-corrected chi connectivity index (χ2v) is 7.24. The Morgan fingerprint density at radius 1 is 1.17 bits per heavy atom. The lowest BCUT2D eigenvalue weighted by atomic mass is 10.1. The van der Waals surface area contributed by atoms with Gasteiger partial charge in [-0.05, 0) is 39.5 Å². The fourth-order valence-electron chi connectivity index (χ4n) is 3.21. The predicted molar refractivity (Wildman–Crippen MR) is 113 cm³/mol. The van der Waals surface area contributed by atoms with Crippen LogP contribution in [0.4, 0.5) is 0 Å². The molecule has 0 atom stereocenters. The summed E-state index contributed by atoms with van der Waals surface area (Å²) in [7, 11) is 3.70. The van der Waals surface area contributed by atoms with Crippen LogP contribution in [0.5, 0.6) is 0 Å². The molecule has 9 nitrogen and oxygen atoms in total. The average Bonchev–Trinajstić information content (AvgIpc) is 3.06. The van der Waals surface area contributed by atoms with Gasteiger partial charge in [-0.15, -0.1) is 10.2 Å². The highest BCUT2D eigenvalue weighted by Crippen LogP contribution is 2.14. The number of nitrogens with one attached hydrogen (secondary N) is 1. The molecule has 0 unspecified atom stereocenters. The van der Waals surface area contributed by atoms with Crippen molar-refractivity contribution in [3.8, 4) is 0 Å². The molecular formula is C20H38N6O3. The summed E-state index contributed by atoms with van der Waals surface area (Å²) in [5.74, 6) is 2.69. The number of piperidine rings is 1. The summed E-state index contributed by atoms with van der Waals surface area (Å²) in [6, 6.07) is 0. The van der Waals surface area contributed by atoms with Crippen LogP contribution in [0.1, 0.15) is 44.3 Å². The van der Waals surface area contributed by atoms with Gasteiger partial charge in [-0.1, -0.05) is 0 Å². The van der Waals surface area contributed by atoms with E-state index in [9.17, 15) is 0 Å². The van der Waals surface area contributed by atoms with E-state index in [1.807, 2.05) is 25.5 Å². The number of aromatic nitrogens is 3. The number of ether oxygens (including phenoxy) is 3. The molecular weight excluding hydrogens is 372 g/mol. The summed E-state index contributed by atoms with van der Waals surface area (Å²) in [5, 5.41) is 11.8. The molecule has 1 aromatic heterocycles. The Kier molecular flexibility index (Phi) is 11.0. The maximum atomic E-state index is 5.98. The molecule has 1 saturated heterocycles. The van der Waals surface area contributed by atoms with E-state index in [2.05, 4.69) is 20.4 Å². The summed E-state index contributed by atoms with van der Waals surface area (Å²) in [6.45, 7) is 10.2. The van der Waals surface area contributed by atoms with Crippen LogP contribution >= 0.6 is 0 Å². The van der Waals surface area contributed by atoms with E-state index in [1.165, 1.54) is 0 Å². The van der Waals surface area contributed by atoms with Crippen LogP contribution in [0, 0.1) is 6.92 Å². The maximum Gasteiger partial charge on any atom is 0.194 e. The lowest BCUT2D eigenvalue weighted by molar-refractivity contribution is 0.00987. The van der Waals surface area contributed by atoms with Crippen molar-refractivity contribution < 1.29 is 14.2 Å². The Labute approximate surface area is 174 Å². The van der Waals surface area contributed by atoms with E-state index in [0.29, 0.717) is 12.6 Å². The monoisotopic (exact) mass is 410 g/mol. The van der Waals surface area contributed by atoms with Crippen LogP contribution in [0.3, 0.4) is 0 Å². The summed E-state index contributed by atoms with van der Waals surface area (Å²) in [6.07, 6.45) is 4.24. The minimum absolute atomic E-state index is 0.323. The third-order valence-electron chi connectivity index (χ3n) is 5.09. The molecule has 1 fully saturated rings. The van der Waals surface area contributed by atoms with Crippen molar-refractivity contribution >= 4 is 5.96 Å². The Bertz CT molecular complexity index is 599. The molecule has 0 spiro atoms. The van der Waals surface area contributed by atoms with Crippen LogP contribution in [0.2, 0.25) is 0 Å². The van der Waals surface area contributed by atoms with E-state index in [4.69, 9.17) is 19.2 Å². The SMILES string of the molecule is CCOCCCNC(=NCc1nnc(C)n1C)N1CCC(OCCCOC)CC1. The van der Waals surface area contributed by atoms with Gasteiger partial charge < -0.3 is 29.0 Å². The van der Waals surface area contributed by atoms with Crippen LogP contribution in [0.25, 0.3) is 0 Å². The van der Waals surface area contributed by atoms with E-state index in [1.54, 1.807) is 7.11 Å². The van der Waals surface area contributed by atoms with E-state index >= 15 is 0 Å². The van der Waals surface area contributed by atoms with Gasteiger partial charge in [-0.25, -0.2) is 4.99 Å². The van der Waals surface area contributed by atoms with Crippen molar-refractivity contribution in [2.24, 2.45) is 12.0 Å². The molecule has 0 saturated carbocycles. The van der Waals surface area contributed by atoms with Crippen molar-refractivity contribution in [1.29, 1.82) is 0 Å². The molecule has 0 bridgehead atoms. The summed E-state index contributed by atoms with van der Waals surface area (Å²) in [4.78, 5) is 7.15. The third-order valence-corrected chi connectivity index (χ3v) is 5.09. The number of nitrogens with zero attached hydrogens (tertiary/aromatic N) is 5. The molecule has 0 aromatic carbocycles. The first kappa shape index (κ1) is 23.6. The van der Waals surface area contributed by atoms with Gasteiger partial charge in [0.05, 0.1) is 6.10 Å². The number of rotatable bonds is 12. The zero-order valence-electron chi connectivity index (χ0n) is 18.5. The first-order chi connectivity index (χ1) is 14.2. The first-order valence-corrected chi connectivity index (χ1v) is 10.7. The highest BCUT2D eigenvalue weighted by atomic mass is 16.5. The molecule has 2 rings (SSSR count). The van der Waals surface area contributed by atoms with Crippen molar-refractivity contribution in [2.45, 2.75) is 52.2 Å². The largest absolute Gasteiger partial charge is 0.385 e. The zero-order chi connectivity index (χ0) is 20.9. The fourth-order valence-corrected chi connectivity index (χ4v) is 3.21. The second-order valence-electron chi connectivity index (χ2n) is 7.24. The molecule has 1 aliphatic rings. The first-order valence-electron chi connectivity index (χ1n) is 10.7. The minimum Gasteiger partial charge on any atom is -0.385 e. The number of hydrogen-bond acceptors (Lipinski definition) is 6. The molecule has 1 aliphatic heterocycles. The fraction of sp³-hybridized carbons (Fsp3) is 0.850. The second kappa shape index (κ2) is 13.5. The Morgan fingerprint density at radius 2 is 1.97 bits per heavy atom.